The molecule has 2 rings (SSSR count). The lowest BCUT2D eigenvalue weighted by atomic mass is 10.2. The summed E-state index contributed by atoms with van der Waals surface area (Å²) in [5, 5.41) is 2.59. The fourth-order valence-corrected chi connectivity index (χ4v) is 2.39. The molecule has 0 unspecified atom stereocenters. The maximum absolute atomic E-state index is 5.94. The predicted octanol–water partition coefficient (Wildman–Crippen LogP) is 3.48. The van der Waals surface area contributed by atoms with Crippen molar-refractivity contribution in [2.24, 2.45) is 0 Å². The Hall–Kier alpha value is -0.930. The minimum absolute atomic E-state index is 0.530. The SMILES string of the molecule is Cc1ccsc1-c1ncnc(Cl)c1C. The first kappa shape index (κ1) is 9.62. The second-order valence-corrected chi connectivity index (χ2v) is 4.34. The molecule has 0 N–H and O–H groups in total. The van der Waals surface area contributed by atoms with Gasteiger partial charge in [-0.25, -0.2) is 9.97 Å². The monoisotopic (exact) mass is 224 g/mol. The number of thiophene rings is 1. The number of halogens is 1. The van der Waals surface area contributed by atoms with Gasteiger partial charge in [0, 0.05) is 5.56 Å². The van der Waals surface area contributed by atoms with Gasteiger partial charge in [-0.15, -0.1) is 11.3 Å². The van der Waals surface area contributed by atoms with E-state index in [1.54, 1.807) is 11.3 Å². The fourth-order valence-electron chi connectivity index (χ4n) is 1.27. The summed E-state index contributed by atoms with van der Waals surface area (Å²) >= 11 is 7.61. The summed E-state index contributed by atoms with van der Waals surface area (Å²) in [5.74, 6) is 0. The second-order valence-electron chi connectivity index (χ2n) is 3.07. The Balaban J connectivity index is 2.63. The molecule has 0 aliphatic heterocycles. The molecule has 14 heavy (non-hydrogen) atoms. The number of aromatic nitrogens is 2. The third kappa shape index (κ3) is 1.53. The number of aryl methyl sites for hydroxylation is 1. The van der Waals surface area contributed by atoms with Crippen LogP contribution in [0.15, 0.2) is 17.8 Å². The third-order valence-electron chi connectivity index (χ3n) is 2.10. The molecule has 2 aromatic rings. The van der Waals surface area contributed by atoms with Crippen molar-refractivity contribution >= 4 is 22.9 Å². The van der Waals surface area contributed by atoms with E-state index < -0.39 is 0 Å². The summed E-state index contributed by atoms with van der Waals surface area (Å²) in [6, 6.07) is 2.08. The van der Waals surface area contributed by atoms with E-state index in [2.05, 4.69) is 28.3 Å². The molecule has 0 saturated heterocycles. The quantitative estimate of drug-likeness (QED) is 0.694. The van der Waals surface area contributed by atoms with Gasteiger partial charge in [-0.05, 0) is 30.9 Å². The van der Waals surface area contributed by atoms with Crippen molar-refractivity contribution in [3.63, 3.8) is 0 Å². The van der Waals surface area contributed by atoms with Crippen LogP contribution in [-0.4, -0.2) is 9.97 Å². The Kier molecular flexibility index (Phi) is 2.52. The third-order valence-corrected chi connectivity index (χ3v) is 3.50. The highest BCUT2D eigenvalue weighted by Gasteiger charge is 2.10. The van der Waals surface area contributed by atoms with Crippen LogP contribution >= 0.6 is 22.9 Å². The van der Waals surface area contributed by atoms with Gasteiger partial charge in [0.1, 0.15) is 11.5 Å². The molecular weight excluding hydrogens is 216 g/mol. The van der Waals surface area contributed by atoms with E-state index in [4.69, 9.17) is 11.6 Å². The highest BCUT2D eigenvalue weighted by atomic mass is 35.5. The summed E-state index contributed by atoms with van der Waals surface area (Å²) in [6.07, 6.45) is 1.50. The highest BCUT2D eigenvalue weighted by molar-refractivity contribution is 7.13. The Morgan fingerprint density at radius 2 is 2.07 bits per heavy atom. The van der Waals surface area contributed by atoms with Gasteiger partial charge in [0.25, 0.3) is 0 Å². The molecule has 0 radical (unpaired) electrons. The van der Waals surface area contributed by atoms with Crippen LogP contribution in [0.2, 0.25) is 5.15 Å². The van der Waals surface area contributed by atoms with Crippen molar-refractivity contribution in [3.05, 3.63) is 34.1 Å². The summed E-state index contributed by atoms with van der Waals surface area (Å²) < 4.78 is 0. The summed E-state index contributed by atoms with van der Waals surface area (Å²) in [5.41, 5.74) is 3.12. The molecule has 0 aliphatic rings. The van der Waals surface area contributed by atoms with Gasteiger partial charge in [-0.2, -0.15) is 0 Å². The first-order valence-corrected chi connectivity index (χ1v) is 5.47. The lowest BCUT2D eigenvalue weighted by Gasteiger charge is -2.03. The molecule has 0 fully saturated rings. The molecule has 0 spiro atoms. The minimum Gasteiger partial charge on any atom is -0.235 e. The number of hydrogen-bond donors (Lipinski definition) is 0. The molecule has 0 atom stereocenters. The average Bonchev–Trinajstić information content (AvgIpc) is 2.57. The normalized spacial score (nSPS) is 10.5. The largest absolute Gasteiger partial charge is 0.235 e. The Morgan fingerprint density at radius 3 is 2.71 bits per heavy atom. The smallest absolute Gasteiger partial charge is 0.135 e. The lowest BCUT2D eigenvalue weighted by Crippen LogP contribution is -1.90. The Bertz CT molecular complexity index is 465. The molecular formula is C10H9ClN2S. The van der Waals surface area contributed by atoms with Gasteiger partial charge < -0.3 is 0 Å². The van der Waals surface area contributed by atoms with E-state index >= 15 is 0 Å². The minimum atomic E-state index is 0.530. The van der Waals surface area contributed by atoms with Gasteiger partial charge in [-0.1, -0.05) is 11.6 Å². The first-order chi connectivity index (χ1) is 6.70. The maximum Gasteiger partial charge on any atom is 0.135 e. The molecule has 72 valence electrons. The Labute approximate surface area is 91.6 Å². The van der Waals surface area contributed by atoms with E-state index in [0.29, 0.717) is 5.15 Å². The maximum atomic E-state index is 5.94. The van der Waals surface area contributed by atoms with Crippen molar-refractivity contribution in [1.82, 2.24) is 9.97 Å². The molecule has 2 aromatic heterocycles. The fraction of sp³-hybridized carbons (Fsp3) is 0.200. The van der Waals surface area contributed by atoms with E-state index in [9.17, 15) is 0 Å². The standard InChI is InChI=1S/C10H9ClN2S/c1-6-3-4-14-9(6)8-7(2)10(11)13-5-12-8/h3-5H,1-2H3. The molecule has 2 heterocycles. The first-order valence-electron chi connectivity index (χ1n) is 4.21. The Morgan fingerprint density at radius 1 is 1.29 bits per heavy atom. The van der Waals surface area contributed by atoms with Crippen molar-refractivity contribution < 1.29 is 0 Å². The van der Waals surface area contributed by atoms with Crippen LogP contribution in [0.5, 0.6) is 0 Å². The highest BCUT2D eigenvalue weighted by Crippen LogP contribution is 2.31. The average molecular weight is 225 g/mol. The van der Waals surface area contributed by atoms with Crippen LogP contribution in [-0.2, 0) is 0 Å². The predicted molar refractivity (Wildman–Crippen MR) is 59.8 cm³/mol. The van der Waals surface area contributed by atoms with Crippen molar-refractivity contribution in [2.75, 3.05) is 0 Å². The van der Waals surface area contributed by atoms with Gasteiger partial charge >= 0.3 is 0 Å². The molecule has 4 heteroatoms. The molecule has 0 aliphatic carbocycles. The van der Waals surface area contributed by atoms with Crippen molar-refractivity contribution in [3.8, 4) is 10.6 Å². The van der Waals surface area contributed by atoms with Gasteiger partial charge in [0.15, 0.2) is 0 Å². The lowest BCUT2D eigenvalue weighted by molar-refractivity contribution is 1.14. The van der Waals surface area contributed by atoms with Gasteiger partial charge in [-0.3, -0.25) is 0 Å². The van der Waals surface area contributed by atoms with E-state index in [1.165, 1.54) is 16.8 Å². The van der Waals surface area contributed by atoms with Crippen LogP contribution in [0, 0.1) is 13.8 Å². The van der Waals surface area contributed by atoms with E-state index in [-0.39, 0.29) is 0 Å². The number of rotatable bonds is 1. The van der Waals surface area contributed by atoms with Crippen LogP contribution in [0.1, 0.15) is 11.1 Å². The molecule has 2 nitrogen and oxygen atoms in total. The molecule has 0 bridgehead atoms. The van der Waals surface area contributed by atoms with Gasteiger partial charge in [0.2, 0.25) is 0 Å². The summed E-state index contributed by atoms with van der Waals surface area (Å²) in [6.45, 7) is 4.01. The summed E-state index contributed by atoms with van der Waals surface area (Å²) in [7, 11) is 0. The van der Waals surface area contributed by atoms with E-state index in [0.717, 1.165) is 11.3 Å². The second kappa shape index (κ2) is 3.67. The van der Waals surface area contributed by atoms with Crippen molar-refractivity contribution in [2.45, 2.75) is 13.8 Å². The van der Waals surface area contributed by atoms with Crippen LogP contribution in [0.4, 0.5) is 0 Å². The molecule has 0 amide bonds. The summed E-state index contributed by atoms with van der Waals surface area (Å²) in [4.78, 5) is 9.37. The molecule has 0 saturated carbocycles. The van der Waals surface area contributed by atoms with Crippen LogP contribution < -0.4 is 0 Å². The number of hydrogen-bond acceptors (Lipinski definition) is 3. The zero-order valence-electron chi connectivity index (χ0n) is 7.91. The van der Waals surface area contributed by atoms with Crippen molar-refractivity contribution in [1.29, 1.82) is 0 Å². The zero-order chi connectivity index (χ0) is 10.1. The van der Waals surface area contributed by atoms with Crippen LogP contribution in [0.25, 0.3) is 10.6 Å². The topological polar surface area (TPSA) is 25.8 Å². The van der Waals surface area contributed by atoms with E-state index in [1.807, 2.05) is 6.92 Å². The zero-order valence-corrected chi connectivity index (χ0v) is 9.49. The molecule has 0 aromatic carbocycles. The van der Waals surface area contributed by atoms with Crippen LogP contribution in [0.3, 0.4) is 0 Å². The van der Waals surface area contributed by atoms with Gasteiger partial charge in [0.05, 0.1) is 10.6 Å². The number of nitrogens with zero attached hydrogens (tertiary/aromatic N) is 2.